The third-order valence-electron chi connectivity index (χ3n) is 3.34. The Bertz CT molecular complexity index is 573. The van der Waals surface area contributed by atoms with E-state index in [9.17, 15) is 0 Å². The first-order chi connectivity index (χ1) is 9.82. The maximum Gasteiger partial charge on any atom is 0.0186 e. The van der Waals surface area contributed by atoms with Gasteiger partial charge in [0.2, 0.25) is 0 Å². The molecule has 0 heterocycles. The first-order valence-corrected chi connectivity index (χ1v) is 10.4. The predicted octanol–water partition coefficient (Wildman–Crippen LogP) is 4.87. The second kappa shape index (κ2) is 7.35. The van der Waals surface area contributed by atoms with Gasteiger partial charge in [0.05, 0.1) is 0 Å². The van der Waals surface area contributed by atoms with E-state index >= 15 is 0 Å². The minimum absolute atomic E-state index is 0. The lowest BCUT2D eigenvalue weighted by atomic mass is 10.4. The minimum Gasteiger partial charge on any atom is -0.114 e. The van der Waals surface area contributed by atoms with Crippen LogP contribution in [-0.4, -0.2) is 0 Å². The quantitative estimate of drug-likeness (QED) is 0.528. The summed E-state index contributed by atoms with van der Waals surface area (Å²) in [7, 11) is 0. The summed E-state index contributed by atoms with van der Waals surface area (Å²) in [6.45, 7) is 0. The van der Waals surface area contributed by atoms with Crippen LogP contribution >= 0.6 is 38.4 Å². The Labute approximate surface area is 145 Å². The fourth-order valence-electron chi connectivity index (χ4n) is 2.35. The second-order valence-electron chi connectivity index (χ2n) is 4.60. The molecule has 1 radical (unpaired) electrons. The summed E-state index contributed by atoms with van der Waals surface area (Å²) >= 11 is 4.12. The zero-order valence-corrected chi connectivity index (χ0v) is 15.6. The molecule has 0 saturated carbocycles. The topological polar surface area (TPSA) is 0 Å². The van der Waals surface area contributed by atoms with Crippen LogP contribution < -0.4 is 15.9 Å². The molecule has 21 heavy (non-hydrogen) atoms. The van der Waals surface area contributed by atoms with Gasteiger partial charge < -0.3 is 0 Å². The summed E-state index contributed by atoms with van der Waals surface area (Å²) < 4.78 is 0. The Morgan fingerprint density at radius 1 is 0.476 bits per heavy atom. The number of rotatable bonds is 3. The zero-order chi connectivity index (χ0) is 13.8. The molecule has 0 aromatic heterocycles. The van der Waals surface area contributed by atoms with Crippen LogP contribution in [0.1, 0.15) is 0 Å². The summed E-state index contributed by atoms with van der Waals surface area (Å²) in [5.74, 6) is -1.71. The van der Waals surface area contributed by atoms with Crippen LogP contribution in [0.5, 0.6) is 0 Å². The summed E-state index contributed by atoms with van der Waals surface area (Å²) in [4.78, 5) is 0. The van der Waals surface area contributed by atoms with Crippen LogP contribution in [0, 0.1) is 0 Å². The average Bonchev–Trinajstić information content (AvgIpc) is 2.56. The molecule has 0 amide bonds. The molecule has 0 N–H and O–H groups in total. The molecule has 0 aliphatic rings. The van der Waals surface area contributed by atoms with Gasteiger partial charge in [-0.05, 0) is 15.9 Å². The lowest BCUT2D eigenvalue weighted by Gasteiger charge is -2.31. The van der Waals surface area contributed by atoms with Gasteiger partial charge >= 0.3 is 0 Å². The molecular formula is C18H16Br2P. The van der Waals surface area contributed by atoms with E-state index in [1.807, 2.05) is 0 Å². The Hall–Kier alpha value is -0.950. The Morgan fingerprint density at radius 2 is 0.714 bits per heavy atom. The SMILES string of the molecule is Br.Br[P](c1ccccc1)(c1ccccc1)c1ccccc1. The van der Waals surface area contributed by atoms with Crippen molar-refractivity contribution in [2.45, 2.75) is 0 Å². The molecule has 107 valence electrons. The third kappa shape index (κ3) is 3.29. The molecule has 0 aliphatic heterocycles. The molecule has 0 spiro atoms. The number of halogens is 2. The van der Waals surface area contributed by atoms with E-state index in [4.69, 9.17) is 0 Å². The van der Waals surface area contributed by atoms with Crippen LogP contribution in [0.15, 0.2) is 91.0 Å². The standard InChI is InChI=1S/C18H15BrP.BrH/c19-20(16-10-4-1-5-11-16,17-12-6-2-7-13-17)18-14-8-3-9-15-18;/h1-15H;1H. The highest BCUT2D eigenvalue weighted by Crippen LogP contribution is 2.62. The Morgan fingerprint density at radius 3 is 0.952 bits per heavy atom. The van der Waals surface area contributed by atoms with Crippen LogP contribution in [0.2, 0.25) is 0 Å². The molecule has 3 aromatic rings. The van der Waals surface area contributed by atoms with E-state index in [-0.39, 0.29) is 17.0 Å². The van der Waals surface area contributed by atoms with E-state index in [2.05, 4.69) is 106 Å². The van der Waals surface area contributed by atoms with Crippen molar-refractivity contribution in [3.05, 3.63) is 91.0 Å². The maximum absolute atomic E-state index is 4.12. The van der Waals surface area contributed by atoms with Gasteiger partial charge in [-0.3, -0.25) is 0 Å². The van der Waals surface area contributed by atoms with Gasteiger partial charge in [0.25, 0.3) is 0 Å². The molecule has 0 aliphatic carbocycles. The van der Waals surface area contributed by atoms with E-state index < -0.39 is 5.96 Å². The van der Waals surface area contributed by atoms with E-state index in [0.29, 0.717) is 0 Å². The molecule has 3 rings (SSSR count). The van der Waals surface area contributed by atoms with Crippen molar-refractivity contribution in [2.75, 3.05) is 0 Å². The molecule has 0 fully saturated rings. The summed E-state index contributed by atoms with van der Waals surface area (Å²) in [5, 5.41) is 4.03. The monoisotopic (exact) mass is 421 g/mol. The molecule has 0 unspecified atom stereocenters. The van der Waals surface area contributed by atoms with Crippen molar-refractivity contribution < 1.29 is 0 Å². The van der Waals surface area contributed by atoms with Gasteiger partial charge in [0.15, 0.2) is 0 Å². The number of hydrogen-bond donors (Lipinski definition) is 0. The molecule has 3 heteroatoms. The smallest absolute Gasteiger partial charge is 0.0186 e. The highest BCUT2D eigenvalue weighted by atomic mass is 79.9. The highest BCUT2D eigenvalue weighted by molar-refractivity contribution is 9.44. The zero-order valence-electron chi connectivity index (χ0n) is 11.4. The largest absolute Gasteiger partial charge is 0.114 e. The van der Waals surface area contributed by atoms with Crippen molar-refractivity contribution in [2.24, 2.45) is 0 Å². The van der Waals surface area contributed by atoms with Gasteiger partial charge in [-0.15, -0.1) is 17.0 Å². The average molecular weight is 423 g/mol. The normalized spacial score (nSPS) is 10.7. The summed E-state index contributed by atoms with van der Waals surface area (Å²) in [6, 6.07) is 32.1. The van der Waals surface area contributed by atoms with E-state index in [0.717, 1.165) is 0 Å². The number of benzene rings is 3. The predicted molar refractivity (Wildman–Crippen MR) is 104 cm³/mol. The van der Waals surface area contributed by atoms with Crippen molar-refractivity contribution in [1.82, 2.24) is 0 Å². The van der Waals surface area contributed by atoms with Crippen molar-refractivity contribution >= 4 is 54.3 Å². The van der Waals surface area contributed by atoms with Gasteiger partial charge in [-0.2, -0.15) is 0 Å². The summed E-state index contributed by atoms with van der Waals surface area (Å²) in [5.41, 5.74) is 0. The number of hydrogen-bond acceptors (Lipinski definition) is 0. The lowest BCUT2D eigenvalue weighted by molar-refractivity contribution is 1.73. The van der Waals surface area contributed by atoms with Gasteiger partial charge in [0.1, 0.15) is 0 Å². The van der Waals surface area contributed by atoms with Crippen LogP contribution in [-0.2, 0) is 0 Å². The van der Waals surface area contributed by atoms with Crippen LogP contribution in [0.25, 0.3) is 0 Å². The van der Waals surface area contributed by atoms with Crippen molar-refractivity contribution in [3.8, 4) is 0 Å². The molecule has 0 saturated heterocycles. The van der Waals surface area contributed by atoms with Gasteiger partial charge in [-0.1, -0.05) is 106 Å². The fourth-order valence-corrected chi connectivity index (χ4v) is 7.12. The Kier molecular flexibility index (Phi) is 5.75. The molecule has 0 bridgehead atoms. The second-order valence-corrected chi connectivity index (χ2v) is 10.5. The fraction of sp³-hybridized carbons (Fsp3) is 0. The lowest BCUT2D eigenvalue weighted by Crippen LogP contribution is -2.26. The van der Waals surface area contributed by atoms with Crippen molar-refractivity contribution in [1.29, 1.82) is 0 Å². The van der Waals surface area contributed by atoms with Gasteiger partial charge in [-0.25, -0.2) is 0 Å². The molecule has 0 nitrogen and oxygen atoms in total. The Balaban J connectivity index is 0.00000161. The first kappa shape index (κ1) is 16.4. The molecule has 0 atom stereocenters. The van der Waals surface area contributed by atoms with E-state index in [1.165, 1.54) is 15.9 Å². The highest BCUT2D eigenvalue weighted by Gasteiger charge is 2.30. The minimum atomic E-state index is -1.71. The van der Waals surface area contributed by atoms with Crippen LogP contribution in [0.3, 0.4) is 0 Å². The first-order valence-electron chi connectivity index (χ1n) is 6.57. The summed E-state index contributed by atoms with van der Waals surface area (Å²) in [6.07, 6.45) is 0. The third-order valence-corrected chi connectivity index (χ3v) is 10.1. The molecular weight excluding hydrogens is 407 g/mol. The molecule has 3 aromatic carbocycles. The van der Waals surface area contributed by atoms with Gasteiger partial charge in [0, 0.05) is 5.96 Å². The van der Waals surface area contributed by atoms with Crippen molar-refractivity contribution in [3.63, 3.8) is 0 Å². The van der Waals surface area contributed by atoms with Crippen LogP contribution in [0.4, 0.5) is 0 Å². The van der Waals surface area contributed by atoms with E-state index in [1.54, 1.807) is 0 Å². The maximum atomic E-state index is 4.12.